The number of rotatable bonds is 2. The molecule has 1 saturated carbocycles. The summed E-state index contributed by atoms with van der Waals surface area (Å²) < 4.78 is 0. The third-order valence-electron chi connectivity index (χ3n) is 2.22. The smallest absolute Gasteiger partial charge is 0.0439 e. The summed E-state index contributed by atoms with van der Waals surface area (Å²) in [7, 11) is 0. The summed E-state index contributed by atoms with van der Waals surface area (Å²) in [6, 6.07) is 0. The summed E-state index contributed by atoms with van der Waals surface area (Å²) in [5.74, 6) is 0. The van der Waals surface area contributed by atoms with Crippen LogP contribution in [0.3, 0.4) is 0 Å². The van der Waals surface area contributed by atoms with Gasteiger partial charge in [0.2, 0.25) is 0 Å². The SMILES string of the molecule is CC=NCC1(C)CCC1. The molecule has 0 aromatic rings. The lowest BCUT2D eigenvalue weighted by Gasteiger charge is -2.36. The lowest BCUT2D eigenvalue weighted by Crippen LogP contribution is -2.28. The van der Waals surface area contributed by atoms with Gasteiger partial charge in [0.1, 0.15) is 0 Å². The van der Waals surface area contributed by atoms with Crippen molar-refractivity contribution in [1.82, 2.24) is 0 Å². The van der Waals surface area contributed by atoms with Gasteiger partial charge in [-0.05, 0) is 31.4 Å². The average molecular weight is 125 g/mol. The lowest BCUT2D eigenvalue weighted by atomic mass is 9.71. The molecule has 0 aromatic heterocycles. The molecule has 52 valence electrons. The highest BCUT2D eigenvalue weighted by Crippen LogP contribution is 2.40. The molecule has 1 rings (SSSR count). The van der Waals surface area contributed by atoms with Crippen molar-refractivity contribution in [3.63, 3.8) is 0 Å². The Morgan fingerprint density at radius 1 is 1.56 bits per heavy atom. The van der Waals surface area contributed by atoms with E-state index in [9.17, 15) is 0 Å². The molecule has 0 aliphatic heterocycles. The van der Waals surface area contributed by atoms with E-state index in [4.69, 9.17) is 0 Å². The Morgan fingerprint density at radius 3 is 2.56 bits per heavy atom. The highest BCUT2D eigenvalue weighted by molar-refractivity contribution is 5.53. The largest absolute Gasteiger partial charge is 0.297 e. The van der Waals surface area contributed by atoms with Gasteiger partial charge in [0.25, 0.3) is 0 Å². The molecule has 0 heterocycles. The fraction of sp³-hybridized carbons (Fsp3) is 0.875. The molecular weight excluding hydrogens is 110 g/mol. The van der Waals surface area contributed by atoms with E-state index in [0.29, 0.717) is 5.41 Å². The highest BCUT2D eigenvalue weighted by atomic mass is 14.7. The van der Waals surface area contributed by atoms with Crippen LogP contribution in [-0.4, -0.2) is 12.8 Å². The average Bonchev–Trinajstić information content (AvgIpc) is 1.79. The normalized spacial score (nSPS) is 24.2. The van der Waals surface area contributed by atoms with Gasteiger partial charge in [-0.25, -0.2) is 0 Å². The van der Waals surface area contributed by atoms with Crippen molar-refractivity contribution >= 4 is 6.21 Å². The summed E-state index contributed by atoms with van der Waals surface area (Å²) in [5, 5.41) is 0. The molecule has 1 nitrogen and oxygen atoms in total. The predicted molar refractivity (Wildman–Crippen MR) is 41.0 cm³/mol. The molecule has 9 heavy (non-hydrogen) atoms. The van der Waals surface area contributed by atoms with Gasteiger partial charge in [0.15, 0.2) is 0 Å². The van der Waals surface area contributed by atoms with Crippen LogP contribution >= 0.6 is 0 Å². The Bertz CT molecular complexity index is 112. The standard InChI is InChI=1S/C8H15N/c1-3-9-7-8(2)5-4-6-8/h3H,4-7H2,1-2H3. The molecule has 1 heteroatoms. The molecule has 0 N–H and O–H groups in total. The van der Waals surface area contributed by atoms with Crippen molar-refractivity contribution in [2.45, 2.75) is 33.1 Å². The van der Waals surface area contributed by atoms with E-state index >= 15 is 0 Å². The lowest BCUT2D eigenvalue weighted by molar-refractivity contribution is 0.174. The maximum absolute atomic E-state index is 4.24. The van der Waals surface area contributed by atoms with Crippen LogP contribution in [0.5, 0.6) is 0 Å². The van der Waals surface area contributed by atoms with Crippen molar-refractivity contribution in [1.29, 1.82) is 0 Å². The maximum Gasteiger partial charge on any atom is 0.0439 e. The highest BCUT2D eigenvalue weighted by Gasteiger charge is 2.30. The Kier molecular flexibility index (Phi) is 1.89. The van der Waals surface area contributed by atoms with E-state index < -0.39 is 0 Å². The van der Waals surface area contributed by atoms with Crippen molar-refractivity contribution in [3.8, 4) is 0 Å². The van der Waals surface area contributed by atoms with Crippen LogP contribution in [0.25, 0.3) is 0 Å². The monoisotopic (exact) mass is 125 g/mol. The van der Waals surface area contributed by atoms with Gasteiger partial charge >= 0.3 is 0 Å². The molecule has 0 saturated heterocycles. The first-order valence-electron chi connectivity index (χ1n) is 3.71. The molecule has 0 aromatic carbocycles. The van der Waals surface area contributed by atoms with Crippen molar-refractivity contribution in [2.75, 3.05) is 6.54 Å². The van der Waals surface area contributed by atoms with E-state index in [1.54, 1.807) is 0 Å². The van der Waals surface area contributed by atoms with Gasteiger partial charge in [-0.2, -0.15) is 0 Å². The van der Waals surface area contributed by atoms with Crippen LogP contribution in [0.2, 0.25) is 0 Å². The summed E-state index contributed by atoms with van der Waals surface area (Å²) in [5.41, 5.74) is 0.576. The van der Waals surface area contributed by atoms with Crippen molar-refractivity contribution in [3.05, 3.63) is 0 Å². The number of nitrogens with zero attached hydrogens (tertiary/aromatic N) is 1. The topological polar surface area (TPSA) is 12.4 Å². The number of aliphatic imine (C=N–C) groups is 1. The van der Waals surface area contributed by atoms with Crippen LogP contribution in [0, 0.1) is 5.41 Å². The van der Waals surface area contributed by atoms with Gasteiger partial charge in [-0.3, -0.25) is 4.99 Å². The van der Waals surface area contributed by atoms with Crippen molar-refractivity contribution < 1.29 is 0 Å². The number of hydrogen-bond donors (Lipinski definition) is 0. The first-order valence-corrected chi connectivity index (χ1v) is 3.71. The van der Waals surface area contributed by atoms with Gasteiger partial charge in [-0.1, -0.05) is 13.3 Å². The summed E-state index contributed by atoms with van der Waals surface area (Å²) in [6.45, 7) is 5.36. The minimum Gasteiger partial charge on any atom is -0.297 e. The molecular formula is C8H15N. The first kappa shape index (κ1) is 6.79. The zero-order chi connectivity index (χ0) is 6.74. The molecule has 0 bridgehead atoms. The summed E-state index contributed by atoms with van der Waals surface area (Å²) in [6.07, 6.45) is 6.08. The third kappa shape index (κ3) is 1.54. The summed E-state index contributed by atoms with van der Waals surface area (Å²) >= 11 is 0. The quantitative estimate of drug-likeness (QED) is 0.502. The second-order valence-electron chi connectivity index (χ2n) is 3.26. The van der Waals surface area contributed by atoms with Crippen LogP contribution in [0.1, 0.15) is 33.1 Å². The second-order valence-corrected chi connectivity index (χ2v) is 3.26. The molecule has 1 fully saturated rings. The minimum absolute atomic E-state index is 0.576. The van der Waals surface area contributed by atoms with Crippen LogP contribution in [0.4, 0.5) is 0 Å². The van der Waals surface area contributed by atoms with Gasteiger partial charge in [-0.15, -0.1) is 0 Å². The molecule has 0 amide bonds. The molecule has 0 unspecified atom stereocenters. The Hall–Kier alpha value is -0.330. The Morgan fingerprint density at radius 2 is 2.22 bits per heavy atom. The Balaban J connectivity index is 2.24. The molecule has 0 atom stereocenters. The van der Waals surface area contributed by atoms with Gasteiger partial charge in [0, 0.05) is 6.54 Å². The zero-order valence-corrected chi connectivity index (χ0v) is 6.35. The van der Waals surface area contributed by atoms with Crippen LogP contribution in [0.15, 0.2) is 4.99 Å². The van der Waals surface area contributed by atoms with Gasteiger partial charge < -0.3 is 0 Å². The van der Waals surface area contributed by atoms with E-state index in [-0.39, 0.29) is 0 Å². The minimum atomic E-state index is 0.576. The molecule has 0 radical (unpaired) electrons. The zero-order valence-electron chi connectivity index (χ0n) is 6.35. The second kappa shape index (κ2) is 2.51. The van der Waals surface area contributed by atoms with E-state index in [1.807, 2.05) is 13.1 Å². The fourth-order valence-electron chi connectivity index (χ4n) is 1.25. The van der Waals surface area contributed by atoms with Crippen LogP contribution < -0.4 is 0 Å². The van der Waals surface area contributed by atoms with Crippen molar-refractivity contribution in [2.24, 2.45) is 10.4 Å². The maximum atomic E-state index is 4.24. The van der Waals surface area contributed by atoms with E-state index in [2.05, 4.69) is 11.9 Å². The van der Waals surface area contributed by atoms with Gasteiger partial charge in [0.05, 0.1) is 0 Å². The molecule has 1 aliphatic rings. The Labute approximate surface area is 57.2 Å². The number of hydrogen-bond acceptors (Lipinski definition) is 1. The predicted octanol–water partition coefficient (Wildman–Crippen LogP) is 2.27. The first-order chi connectivity index (χ1) is 4.27. The summed E-state index contributed by atoms with van der Waals surface area (Å²) in [4.78, 5) is 4.24. The van der Waals surface area contributed by atoms with Crippen LogP contribution in [-0.2, 0) is 0 Å². The molecule has 1 aliphatic carbocycles. The molecule has 0 spiro atoms. The van der Waals surface area contributed by atoms with E-state index in [1.165, 1.54) is 19.3 Å². The third-order valence-corrected chi connectivity index (χ3v) is 2.22. The fourth-order valence-corrected chi connectivity index (χ4v) is 1.25. The van der Waals surface area contributed by atoms with E-state index in [0.717, 1.165) is 6.54 Å².